The summed E-state index contributed by atoms with van der Waals surface area (Å²) >= 11 is 0. The molecule has 0 bridgehead atoms. The average Bonchev–Trinajstić information content (AvgIpc) is 2.82. The number of benzene rings is 2. The quantitative estimate of drug-likeness (QED) is 0.719. The lowest BCUT2D eigenvalue weighted by molar-refractivity contribution is 0.100. The number of phenolic OH excluding ortho intramolecular Hbond substituents is 1. The number of hydrogen-bond acceptors (Lipinski definition) is 4. The molecular formula is C13H10N4O2. The van der Waals surface area contributed by atoms with Crippen LogP contribution in [0.15, 0.2) is 42.5 Å². The van der Waals surface area contributed by atoms with Crippen LogP contribution in [0, 0.1) is 0 Å². The Balaban J connectivity index is 2.20. The smallest absolute Gasteiger partial charge is 0.248 e. The van der Waals surface area contributed by atoms with Crippen LogP contribution < -0.4 is 5.73 Å². The maximum absolute atomic E-state index is 11.2. The fraction of sp³-hybridized carbons (Fsp3) is 0. The molecule has 3 aromatic rings. The third-order valence-corrected chi connectivity index (χ3v) is 2.76. The number of nitrogens with zero attached hydrogens (tertiary/aromatic N) is 3. The van der Waals surface area contributed by atoms with Crippen molar-refractivity contribution >= 4 is 16.9 Å². The Kier molecular flexibility index (Phi) is 2.42. The molecule has 6 heteroatoms. The highest BCUT2D eigenvalue weighted by atomic mass is 16.3. The van der Waals surface area contributed by atoms with Gasteiger partial charge in [-0.15, -0.1) is 15.0 Å². The normalized spacial score (nSPS) is 10.7. The van der Waals surface area contributed by atoms with Gasteiger partial charge in [0, 0.05) is 5.56 Å². The number of hydrogen-bond donors (Lipinski definition) is 2. The van der Waals surface area contributed by atoms with Gasteiger partial charge in [-0.05, 0) is 30.3 Å². The van der Waals surface area contributed by atoms with E-state index >= 15 is 0 Å². The SMILES string of the molecule is NC(=O)c1ccc(O)c(-n2nc3ccccc3n2)c1. The van der Waals surface area contributed by atoms with Crippen LogP contribution in [0.3, 0.4) is 0 Å². The fourth-order valence-corrected chi connectivity index (χ4v) is 1.80. The monoisotopic (exact) mass is 254 g/mol. The number of fused-ring (bicyclic) bond motifs is 1. The first-order valence-corrected chi connectivity index (χ1v) is 5.60. The second-order valence-corrected chi connectivity index (χ2v) is 4.05. The molecule has 0 aliphatic heterocycles. The van der Waals surface area contributed by atoms with E-state index in [1.54, 1.807) is 0 Å². The van der Waals surface area contributed by atoms with E-state index in [0.29, 0.717) is 16.7 Å². The van der Waals surface area contributed by atoms with Crippen LogP contribution in [0.2, 0.25) is 0 Å². The van der Waals surface area contributed by atoms with Gasteiger partial charge in [-0.25, -0.2) is 0 Å². The molecule has 0 radical (unpaired) electrons. The van der Waals surface area contributed by atoms with Crippen molar-refractivity contribution in [1.29, 1.82) is 0 Å². The van der Waals surface area contributed by atoms with Crippen LogP contribution >= 0.6 is 0 Å². The summed E-state index contributed by atoms with van der Waals surface area (Å²) < 4.78 is 0. The van der Waals surface area contributed by atoms with Gasteiger partial charge in [-0.1, -0.05) is 12.1 Å². The van der Waals surface area contributed by atoms with Crippen molar-refractivity contribution in [1.82, 2.24) is 15.0 Å². The number of primary amides is 1. The van der Waals surface area contributed by atoms with E-state index in [2.05, 4.69) is 10.2 Å². The van der Waals surface area contributed by atoms with Crippen molar-refractivity contribution < 1.29 is 9.90 Å². The number of amides is 1. The number of carbonyl (C=O) groups excluding carboxylic acids is 1. The van der Waals surface area contributed by atoms with Crippen molar-refractivity contribution in [3.8, 4) is 11.4 Å². The number of aromatic nitrogens is 3. The number of carbonyl (C=O) groups is 1. The predicted molar refractivity (Wildman–Crippen MR) is 69.0 cm³/mol. The molecule has 1 heterocycles. The van der Waals surface area contributed by atoms with Crippen molar-refractivity contribution in [3.63, 3.8) is 0 Å². The van der Waals surface area contributed by atoms with E-state index in [0.717, 1.165) is 0 Å². The first-order valence-electron chi connectivity index (χ1n) is 5.60. The van der Waals surface area contributed by atoms with Gasteiger partial charge in [-0.3, -0.25) is 4.79 Å². The summed E-state index contributed by atoms with van der Waals surface area (Å²) in [4.78, 5) is 12.4. The molecule has 0 aliphatic rings. The van der Waals surface area contributed by atoms with E-state index in [1.165, 1.54) is 23.0 Å². The molecule has 0 saturated heterocycles. The summed E-state index contributed by atoms with van der Waals surface area (Å²) in [5.74, 6) is -0.594. The highest BCUT2D eigenvalue weighted by Crippen LogP contribution is 2.22. The summed E-state index contributed by atoms with van der Waals surface area (Å²) in [5.41, 5.74) is 7.21. The molecule has 2 aromatic carbocycles. The van der Waals surface area contributed by atoms with E-state index in [4.69, 9.17) is 5.73 Å². The Hall–Kier alpha value is -2.89. The molecule has 1 amide bonds. The van der Waals surface area contributed by atoms with Crippen LogP contribution in [0.5, 0.6) is 5.75 Å². The van der Waals surface area contributed by atoms with Gasteiger partial charge >= 0.3 is 0 Å². The van der Waals surface area contributed by atoms with Gasteiger partial charge in [-0.2, -0.15) is 0 Å². The Morgan fingerprint density at radius 3 is 2.32 bits per heavy atom. The van der Waals surface area contributed by atoms with Crippen molar-refractivity contribution in [2.75, 3.05) is 0 Å². The van der Waals surface area contributed by atoms with Crippen LogP contribution in [0.4, 0.5) is 0 Å². The molecule has 94 valence electrons. The van der Waals surface area contributed by atoms with Crippen LogP contribution in [0.25, 0.3) is 16.7 Å². The molecule has 0 saturated carbocycles. The Morgan fingerprint density at radius 2 is 1.74 bits per heavy atom. The average molecular weight is 254 g/mol. The first-order chi connectivity index (χ1) is 9.15. The van der Waals surface area contributed by atoms with Gasteiger partial charge in [0.1, 0.15) is 22.5 Å². The van der Waals surface area contributed by atoms with E-state index < -0.39 is 5.91 Å². The third-order valence-electron chi connectivity index (χ3n) is 2.76. The summed E-state index contributed by atoms with van der Waals surface area (Å²) in [6, 6.07) is 11.6. The minimum Gasteiger partial charge on any atom is -0.506 e. The summed E-state index contributed by atoms with van der Waals surface area (Å²) in [5, 5.41) is 18.3. The minimum absolute atomic E-state index is 0.0229. The largest absolute Gasteiger partial charge is 0.506 e. The zero-order chi connectivity index (χ0) is 13.4. The van der Waals surface area contributed by atoms with Gasteiger partial charge in [0.15, 0.2) is 0 Å². The van der Waals surface area contributed by atoms with Crippen molar-refractivity contribution in [2.24, 2.45) is 5.73 Å². The van der Waals surface area contributed by atoms with Crippen LogP contribution in [0.1, 0.15) is 10.4 Å². The molecule has 0 fully saturated rings. The van der Waals surface area contributed by atoms with Gasteiger partial charge in [0.2, 0.25) is 5.91 Å². The molecule has 6 nitrogen and oxygen atoms in total. The lowest BCUT2D eigenvalue weighted by Crippen LogP contribution is -2.11. The predicted octanol–water partition coefficient (Wildman–Crippen LogP) is 1.22. The number of phenols is 1. The zero-order valence-electron chi connectivity index (χ0n) is 9.82. The number of aromatic hydroxyl groups is 1. The molecule has 0 unspecified atom stereocenters. The highest BCUT2D eigenvalue weighted by molar-refractivity contribution is 5.93. The van der Waals surface area contributed by atoms with Crippen LogP contribution in [-0.4, -0.2) is 26.0 Å². The molecule has 19 heavy (non-hydrogen) atoms. The second-order valence-electron chi connectivity index (χ2n) is 4.05. The Bertz CT molecular complexity index is 746. The van der Waals surface area contributed by atoms with Crippen LogP contribution in [-0.2, 0) is 0 Å². The molecule has 3 N–H and O–H groups in total. The zero-order valence-corrected chi connectivity index (χ0v) is 9.82. The van der Waals surface area contributed by atoms with E-state index in [1.807, 2.05) is 24.3 Å². The highest BCUT2D eigenvalue weighted by Gasteiger charge is 2.11. The minimum atomic E-state index is -0.571. The molecule has 0 aliphatic carbocycles. The molecular weight excluding hydrogens is 244 g/mol. The number of nitrogens with two attached hydrogens (primary N) is 1. The van der Waals surface area contributed by atoms with E-state index in [-0.39, 0.29) is 11.3 Å². The lowest BCUT2D eigenvalue weighted by atomic mass is 10.2. The molecule has 0 spiro atoms. The second kappa shape index (κ2) is 4.09. The first kappa shape index (κ1) is 11.2. The Labute approximate surface area is 108 Å². The van der Waals surface area contributed by atoms with Crippen molar-refractivity contribution in [3.05, 3.63) is 48.0 Å². The van der Waals surface area contributed by atoms with Gasteiger partial charge in [0.25, 0.3) is 0 Å². The van der Waals surface area contributed by atoms with Crippen molar-refractivity contribution in [2.45, 2.75) is 0 Å². The third kappa shape index (κ3) is 1.89. The van der Waals surface area contributed by atoms with Gasteiger partial charge in [0.05, 0.1) is 0 Å². The standard InChI is InChI=1S/C13H10N4O2/c14-13(19)8-5-6-12(18)11(7-8)17-15-9-3-1-2-4-10(9)16-17/h1-7,18H,(H2,14,19). The Morgan fingerprint density at radius 1 is 1.11 bits per heavy atom. The van der Waals surface area contributed by atoms with E-state index in [9.17, 15) is 9.90 Å². The molecule has 1 aromatic heterocycles. The maximum atomic E-state index is 11.2. The summed E-state index contributed by atoms with van der Waals surface area (Å²) in [6.07, 6.45) is 0. The topological polar surface area (TPSA) is 94.0 Å². The summed E-state index contributed by atoms with van der Waals surface area (Å²) in [7, 11) is 0. The summed E-state index contributed by atoms with van der Waals surface area (Å²) in [6.45, 7) is 0. The molecule has 3 rings (SSSR count). The lowest BCUT2D eigenvalue weighted by Gasteiger charge is -2.04. The number of rotatable bonds is 2. The molecule has 0 atom stereocenters. The van der Waals surface area contributed by atoms with Gasteiger partial charge < -0.3 is 10.8 Å². The maximum Gasteiger partial charge on any atom is 0.248 e. The fourth-order valence-electron chi connectivity index (χ4n) is 1.80.